The van der Waals surface area contributed by atoms with Crippen molar-refractivity contribution in [2.45, 2.75) is 58.2 Å². The Morgan fingerprint density at radius 3 is 2.26 bits per heavy atom. The third-order valence-corrected chi connectivity index (χ3v) is 6.92. The molecule has 1 aromatic rings. The third-order valence-electron chi connectivity index (χ3n) is 6.92. The molecule has 0 aliphatic carbocycles. The number of anilines is 1. The Morgan fingerprint density at radius 1 is 1.03 bits per heavy atom. The Kier molecular flexibility index (Phi) is 7.68. The number of ketones is 1. The summed E-state index contributed by atoms with van der Waals surface area (Å²) in [4.78, 5) is 18.5. The summed E-state index contributed by atoms with van der Waals surface area (Å²) in [5.74, 6) is 0.960. The average Bonchev–Trinajstić information content (AvgIpc) is 2.71. The molecule has 0 amide bonds. The van der Waals surface area contributed by atoms with Crippen LogP contribution in [0.25, 0.3) is 0 Å². The molecule has 4 nitrogen and oxygen atoms in total. The zero-order valence-corrected chi connectivity index (χ0v) is 19.0. The van der Waals surface area contributed by atoms with Crippen LogP contribution in [0.15, 0.2) is 24.3 Å². The van der Waals surface area contributed by atoms with Gasteiger partial charge in [0.1, 0.15) is 5.78 Å². The van der Waals surface area contributed by atoms with Gasteiger partial charge in [-0.15, -0.1) is 0 Å². The Hall–Kier alpha value is -1.60. The molecule has 7 heteroatoms. The van der Waals surface area contributed by atoms with Crippen LogP contribution >= 0.6 is 0 Å². The molecule has 31 heavy (non-hydrogen) atoms. The van der Waals surface area contributed by atoms with Crippen LogP contribution in [0.3, 0.4) is 0 Å². The molecule has 2 heterocycles. The van der Waals surface area contributed by atoms with Gasteiger partial charge in [-0.3, -0.25) is 14.6 Å². The van der Waals surface area contributed by atoms with Gasteiger partial charge >= 0.3 is 6.18 Å². The van der Waals surface area contributed by atoms with E-state index in [1.165, 1.54) is 31.4 Å². The van der Waals surface area contributed by atoms with Gasteiger partial charge in [0.2, 0.25) is 0 Å². The molecule has 3 rings (SSSR count). The molecule has 0 spiro atoms. The van der Waals surface area contributed by atoms with Crippen molar-refractivity contribution >= 4 is 11.5 Å². The van der Waals surface area contributed by atoms with Crippen LogP contribution in [0.1, 0.15) is 52.0 Å². The number of carbonyl (C=O) groups excluding carboxylic acids is 1. The molecular weight excluding hydrogens is 403 g/mol. The largest absolute Gasteiger partial charge is 0.416 e. The zero-order valence-electron chi connectivity index (χ0n) is 19.0. The van der Waals surface area contributed by atoms with Crippen LogP contribution < -0.4 is 4.90 Å². The fraction of sp³-hybridized carbons (Fsp3) is 0.708. The maximum absolute atomic E-state index is 13.0. The van der Waals surface area contributed by atoms with Crippen molar-refractivity contribution in [3.05, 3.63) is 29.8 Å². The normalized spacial score (nSPS) is 20.3. The second-order valence-electron chi connectivity index (χ2n) is 9.79. The number of carbonyl (C=O) groups is 1. The van der Waals surface area contributed by atoms with Crippen molar-refractivity contribution in [3.8, 4) is 0 Å². The summed E-state index contributed by atoms with van der Waals surface area (Å²) in [6.07, 6.45) is -0.176. The molecule has 0 bridgehead atoms. The van der Waals surface area contributed by atoms with Crippen LogP contribution in [-0.2, 0) is 11.0 Å². The van der Waals surface area contributed by atoms with Crippen LogP contribution in [0.4, 0.5) is 18.9 Å². The van der Waals surface area contributed by atoms with E-state index < -0.39 is 11.7 Å². The van der Waals surface area contributed by atoms with E-state index in [-0.39, 0.29) is 11.3 Å². The van der Waals surface area contributed by atoms with Gasteiger partial charge in [0.05, 0.1) is 5.56 Å². The number of Topliss-reactive ketones (excluding diaryl/α,β-unsaturated/α-hetero) is 1. The van der Waals surface area contributed by atoms with Crippen LogP contribution in [-0.4, -0.2) is 66.9 Å². The van der Waals surface area contributed by atoms with Crippen molar-refractivity contribution in [1.29, 1.82) is 0 Å². The first-order valence-electron chi connectivity index (χ1n) is 11.4. The van der Waals surface area contributed by atoms with Crippen molar-refractivity contribution in [2.75, 3.05) is 50.7 Å². The molecule has 2 saturated heterocycles. The number of rotatable bonds is 7. The second-order valence-corrected chi connectivity index (χ2v) is 9.79. The zero-order chi connectivity index (χ0) is 22.6. The van der Waals surface area contributed by atoms with E-state index in [1.54, 1.807) is 13.0 Å². The van der Waals surface area contributed by atoms with Gasteiger partial charge in [0, 0.05) is 43.8 Å². The van der Waals surface area contributed by atoms with Crippen LogP contribution in [0.2, 0.25) is 0 Å². The lowest BCUT2D eigenvalue weighted by atomic mass is 9.88. The minimum Gasteiger partial charge on any atom is -0.369 e. The number of likely N-dealkylation sites (tertiary alicyclic amines) is 1. The first kappa shape index (κ1) is 24.1. The molecule has 1 aromatic carbocycles. The minimum absolute atomic E-state index is 0.0590. The topological polar surface area (TPSA) is 26.8 Å². The number of hydrogen-bond donors (Lipinski definition) is 0. The first-order valence-corrected chi connectivity index (χ1v) is 11.4. The molecule has 0 radical (unpaired) electrons. The Balaban J connectivity index is 1.40. The summed E-state index contributed by atoms with van der Waals surface area (Å²) >= 11 is 0. The molecule has 2 aliphatic heterocycles. The summed E-state index contributed by atoms with van der Waals surface area (Å²) < 4.78 is 38.9. The highest BCUT2D eigenvalue weighted by Gasteiger charge is 2.32. The van der Waals surface area contributed by atoms with E-state index >= 15 is 0 Å². The van der Waals surface area contributed by atoms with E-state index in [4.69, 9.17) is 0 Å². The second kappa shape index (κ2) is 9.90. The fourth-order valence-electron chi connectivity index (χ4n) is 5.02. The van der Waals surface area contributed by atoms with E-state index in [9.17, 15) is 18.0 Å². The maximum Gasteiger partial charge on any atom is 0.416 e. The van der Waals surface area contributed by atoms with Gasteiger partial charge in [-0.05, 0) is 83.8 Å². The quantitative estimate of drug-likeness (QED) is 0.616. The predicted octanol–water partition coefficient (Wildman–Crippen LogP) is 4.69. The highest BCUT2D eigenvalue weighted by Crippen LogP contribution is 2.32. The molecule has 0 N–H and O–H groups in total. The van der Waals surface area contributed by atoms with E-state index in [0.29, 0.717) is 18.0 Å². The summed E-state index contributed by atoms with van der Waals surface area (Å²) in [6.45, 7) is 12.5. The molecule has 2 aliphatic rings. The number of halogens is 3. The predicted molar refractivity (Wildman–Crippen MR) is 118 cm³/mol. The van der Waals surface area contributed by atoms with Gasteiger partial charge in [0.25, 0.3) is 0 Å². The average molecular weight is 440 g/mol. The monoisotopic (exact) mass is 439 g/mol. The Morgan fingerprint density at radius 2 is 1.68 bits per heavy atom. The molecule has 0 saturated carbocycles. The summed E-state index contributed by atoms with van der Waals surface area (Å²) in [5, 5.41) is 0. The van der Waals surface area contributed by atoms with Gasteiger partial charge in [-0.25, -0.2) is 0 Å². The highest BCUT2D eigenvalue weighted by molar-refractivity contribution is 5.76. The Bertz CT molecular complexity index is 734. The van der Waals surface area contributed by atoms with Crippen LogP contribution in [0.5, 0.6) is 0 Å². The fourth-order valence-corrected chi connectivity index (χ4v) is 5.02. The SMILES string of the molecule is CC(=O)CC(C)(C)N1CCC(CCN2CCN(c3cccc(C(F)(F)F)c3)CC2)CC1. The van der Waals surface area contributed by atoms with Crippen molar-refractivity contribution in [1.82, 2.24) is 9.80 Å². The number of alkyl halides is 3. The number of hydrogen-bond acceptors (Lipinski definition) is 4. The molecule has 0 atom stereocenters. The van der Waals surface area contributed by atoms with Crippen LogP contribution in [0, 0.1) is 5.92 Å². The number of benzene rings is 1. The number of piperidine rings is 1. The highest BCUT2D eigenvalue weighted by atomic mass is 19.4. The van der Waals surface area contributed by atoms with E-state index in [0.717, 1.165) is 51.9 Å². The molecule has 0 aromatic heterocycles. The summed E-state index contributed by atoms with van der Waals surface area (Å²) in [7, 11) is 0. The standard InChI is InChI=1S/C24H36F3N3O/c1-19(31)18-23(2,3)30-11-8-20(9-12-30)7-10-28-13-15-29(16-14-28)22-6-4-5-21(17-22)24(25,26)27/h4-6,17,20H,7-16,18H2,1-3H3. The van der Waals surface area contributed by atoms with Crippen molar-refractivity contribution < 1.29 is 18.0 Å². The van der Waals surface area contributed by atoms with Gasteiger partial charge < -0.3 is 4.90 Å². The number of nitrogens with zero attached hydrogens (tertiary/aromatic N) is 3. The summed E-state index contributed by atoms with van der Waals surface area (Å²) in [6, 6.07) is 5.66. The summed E-state index contributed by atoms with van der Waals surface area (Å²) in [5.41, 5.74) is 0.0246. The van der Waals surface area contributed by atoms with Crippen molar-refractivity contribution in [3.63, 3.8) is 0 Å². The molecule has 0 unspecified atom stereocenters. The van der Waals surface area contributed by atoms with E-state index in [1.807, 2.05) is 0 Å². The lowest BCUT2D eigenvalue weighted by Crippen LogP contribution is -2.49. The first-order chi connectivity index (χ1) is 14.5. The minimum atomic E-state index is -4.30. The lowest BCUT2D eigenvalue weighted by molar-refractivity contribution is -0.137. The van der Waals surface area contributed by atoms with Gasteiger partial charge in [-0.2, -0.15) is 13.2 Å². The van der Waals surface area contributed by atoms with Gasteiger partial charge in [-0.1, -0.05) is 6.07 Å². The van der Waals surface area contributed by atoms with E-state index in [2.05, 4.69) is 28.5 Å². The van der Waals surface area contributed by atoms with Gasteiger partial charge in [0.15, 0.2) is 0 Å². The number of piperazine rings is 1. The molecule has 174 valence electrons. The Labute approximate surface area is 184 Å². The third kappa shape index (κ3) is 6.69. The van der Waals surface area contributed by atoms with Crippen molar-refractivity contribution in [2.24, 2.45) is 5.92 Å². The lowest BCUT2D eigenvalue weighted by Gasteiger charge is -2.43. The molecular formula is C24H36F3N3O. The smallest absolute Gasteiger partial charge is 0.369 e. The molecule has 2 fully saturated rings. The maximum atomic E-state index is 13.0.